The van der Waals surface area contributed by atoms with E-state index in [0.29, 0.717) is 5.88 Å². The van der Waals surface area contributed by atoms with E-state index in [-0.39, 0.29) is 6.04 Å². The first-order chi connectivity index (χ1) is 10.1. The van der Waals surface area contributed by atoms with Gasteiger partial charge in [-0.15, -0.1) is 22.9 Å². The summed E-state index contributed by atoms with van der Waals surface area (Å²) in [7, 11) is 0. The number of hydrogen-bond donors (Lipinski definition) is 0. The van der Waals surface area contributed by atoms with E-state index in [0.717, 1.165) is 38.5 Å². The summed E-state index contributed by atoms with van der Waals surface area (Å²) >= 11 is 11.2. The van der Waals surface area contributed by atoms with Crippen LogP contribution >= 0.6 is 38.9 Å². The van der Waals surface area contributed by atoms with E-state index >= 15 is 0 Å². The van der Waals surface area contributed by atoms with Gasteiger partial charge in [-0.05, 0) is 32.0 Å². The number of hydrogen-bond acceptors (Lipinski definition) is 3. The highest BCUT2D eigenvalue weighted by atomic mass is 79.9. The Bertz CT molecular complexity index is 780. The third kappa shape index (κ3) is 2.87. The molecule has 0 fully saturated rings. The van der Waals surface area contributed by atoms with Crippen LogP contribution in [0.25, 0.3) is 11.0 Å². The fourth-order valence-electron chi connectivity index (χ4n) is 2.48. The van der Waals surface area contributed by atoms with Gasteiger partial charge in [0.2, 0.25) is 0 Å². The molecule has 0 aliphatic heterocycles. The van der Waals surface area contributed by atoms with Crippen LogP contribution in [0.5, 0.6) is 0 Å². The summed E-state index contributed by atoms with van der Waals surface area (Å²) in [5, 5.41) is 3.19. The number of alkyl halides is 1. The van der Waals surface area contributed by atoms with E-state index in [4.69, 9.17) is 16.6 Å². The predicted molar refractivity (Wildman–Crippen MR) is 92.5 cm³/mol. The number of aryl methyl sites for hydroxylation is 2. The summed E-state index contributed by atoms with van der Waals surface area (Å²) in [4.78, 5) is 9.35. The van der Waals surface area contributed by atoms with Crippen LogP contribution in [0.3, 0.4) is 0 Å². The number of thiazole rings is 1. The van der Waals surface area contributed by atoms with Gasteiger partial charge in [-0.3, -0.25) is 0 Å². The van der Waals surface area contributed by atoms with Crippen molar-refractivity contribution in [2.75, 3.05) is 5.88 Å². The lowest BCUT2D eigenvalue weighted by atomic mass is 10.2. The standard InChI is InChI=1S/C15H15BrClN3S/c1-9-8-21-15(18-9)10(2)20-13-7-11(16)3-4-12(13)19-14(20)5-6-17/h3-4,7-8,10H,5-6H2,1-2H3. The molecule has 1 atom stereocenters. The van der Waals surface area contributed by atoms with Crippen molar-refractivity contribution < 1.29 is 0 Å². The summed E-state index contributed by atoms with van der Waals surface area (Å²) in [6, 6.07) is 6.31. The summed E-state index contributed by atoms with van der Waals surface area (Å²) in [5.74, 6) is 1.58. The number of nitrogens with zero attached hydrogens (tertiary/aromatic N) is 3. The molecule has 0 spiro atoms. The van der Waals surface area contributed by atoms with E-state index in [2.05, 4.69) is 43.9 Å². The smallest absolute Gasteiger partial charge is 0.116 e. The average molecular weight is 385 g/mol. The average Bonchev–Trinajstić information content (AvgIpc) is 3.02. The topological polar surface area (TPSA) is 30.7 Å². The second-order valence-corrected chi connectivity index (χ2v) is 7.16. The number of fused-ring (bicyclic) bond motifs is 1. The number of rotatable bonds is 4. The Balaban J connectivity index is 2.18. The molecule has 0 N–H and O–H groups in total. The van der Waals surface area contributed by atoms with Gasteiger partial charge in [0.1, 0.15) is 10.8 Å². The minimum absolute atomic E-state index is 0.154. The van der Waals surface area contributed by atoms with E-state index in [9.17, 15) is 0 Å². The van der Waals surface area contributed by atoms with Crippen LogP contribution in [-0.4, -0.2) is 20.4 Å². The van der Waals surface area contributed by atoms with Crippen LogP contribution in [0, 0.1) is 6.92 Å². The summed E-state index contributed by atoms with van der Waals surface area (Å²) in [6.45, 7) is 4.19. The monoisotopic (exact) mass is 383 g/mol. The van der Waals surface area contributed by atoms with Gasteiger partial charge >= 0.3 is 0 Å². The maximum Gasteiger partial charge on any atom is 0.116 e. The molecule has 21 heavy (non-hydrogen) atoms. The van der Waals surface area contributed by atoms with Gasteiger partial charge in [0, 0.05) is 27.8 Å². The Morgan fingerprint density at radius 1 is 1.38 bits per heavy atom. The molecule has 0 saturated carbocycles. The molecule has 0 aliphatic rings. The third-order valence-electron chi connectivity index (χ3n) is 3.42. The molecule has 3 rings (SSSR count). The van der Waals surface area contributed by atoms with Gasteiger partial charge in [0.25, 0.3) is 0 Å². The molecule has 6 heteroatoms. The summed E-state index contributed by atoms with van der Waals surface area (Å²) in [6.07, 6.45) is 0.753. The third-order valence-corrected chi connectivity index (χ3v) is 5.24. The van der Waals surface area contributed by atoms with Crippen molar-refractivity contribution in [3.63, 3.8) is 0 Å². The highest BCUT2D eigenvalue weighted by Gasteiger charge is 2.19. The van der Waals surface area contributed by atoms with Crippen molar-refractivity contribution in [3.8, 4) is 0 Å². The second-order valence-electron chi connectivity index (χ2n) is 4.97. The number of halogens is 2. The Morgan fingerprint density at radius 3 is 2.86 bits per heavy atom. The molecule has 1 unspecified atom stereocenters. The van der Waals surface area contributed by atoms with Crippen LogP contribution in [0.4, 0.5) is 0 Å². The molecule has 3 aromatic rings. The number of benzene rings is 1. The van der Waals surface area contributed by atoms with Crippen molar-refractivity contribution in [1.29, 1.82) is 0 Å². The van der Waals surface area contributed by atoms with E-state index < -0.39 is 0 Å². The van der Waals surface area contributed by atoms with E-state index in [1.165, 1.54) is 0 Å². The van der Waals surface area contributed by atoms with E-state index in [1.807, 2.05) is 19.1 Å². The summed E-state index contributed by atoms with van der Waals surface area (Å²) < 4.78 is 3.30. The first-order valence-electron chi connectivity index (χ1n) is 6.74. The first kappa shape index (κ1) is 15.0. The summed E-state index contributed by atoms with van der Waals surface area (Å²) in [5.41, 5.74) is 3.18. The first-order valence-corrected chi connectivity index (χ1v) is 8.95. The fraction of sp³-hybridized carbons (Fsp3) is 0.333. The van der Waals surface area contributed by atoms with Crippen molar-refractivity contribution in [3.05, 3.63) is 44.6 Å². The van der Waals surface area contributed by atoms with Gasteiger partial charge in [-0.25, -0.2) is 9.97 Å². The molecule has 1 aromatic carbocycles. The minimum Gasteiger partial charge on any atom is -0.318 e. The van der Waals surface area contributed by atoms with Gasteiger partial charge < -0.3 is 4.57 Å². The molecule has 2 heterocycles. The molecule has 0 bridgehead atoms. The normalized spacial score (nSPS) is 13.0. The molecule has 0 saturated heterocycles. The van der Waals surface area contributed by atoms with Gasteiger partial charge in [-0.1, -0.05) is 15.9 Å². The number of imidazole rings is 1. The van der Waals surface area contributed by atoms with Crippen molar-refractivity contribution >= 4 is 49.9 Å². The maximum absolute atomic E-state index is 5.95. The van der Waals surface area contributed by atoms with Crippen molar-refractivity contribution in [2.24, 2.45) is 0 Å². The second kappa shape index (κ2) is 6.07. The molecule has 0 radical (unpaired) electrons. The van der Waals surface area contributed by atoms with Crippen LogP contribution in [-0.2, 0) is 6.42 Å². The zero-order valence-corrected chi connectivity index (χ0v) is 15.0. The Morgan fingerprint density at radius 2 is 2.19 bits per heavy atom. The van der Waals surface area contributed by atoms with E-state index in [1.54, 1.807) is 11.3 Å². The lowest BCUT2D eigenvalue weighted by Crippen LogP contribution is -2.11. The molecule has 0 aliphatic carbocycles. The molecule has 0 amide bonds. The fourth-order valence-corrected chi connectivity index (χ4v) is 3.84. The largest absolute Gasteiger partial charge is 0.318 e. The molecule has 110 valence electrons. The molecule has 2 aromatic heterocycles. The highest BCUT2D eigenvalue weighted by Crippen LogP contribution is 2.29. The SMILES string of the molecule is Cc1csc(C(C)n2c(CCCl)nc3ccc(Br)cc32)n1. The zero-order chi connectivity index (χ0) is 15.0. The van der Waals surface area contributed by atoms with Crippen LogP contribution in [0.2, 0.25) is 0 Å². The van der Waals surface area contributed by atoms with Crippen molar-refractivity contribution in [1.82, 2.24) is 14.5 Å². The molecular formula is C15H15BrClN3S. The van der Waals surface area contributed by atoms with Crippen molar-refractivity contribution in [2.45, 2.75) is 26.3 Å². The van der Waals surface area contributed by atoms with Gasteiger partial charge in [-0.2, -0.15) is 0 Å². The quantitative estimate of drug-likeness (QED) is 0.596. The maximum atomic E-state index is 5.95. The Hall–Kier alpha value is -0.910. The number of aromatic nitrogens is 3. The van der Waals surface area contributed by atoms with Crippen LogP contribution in [0.1, 0.15) is 29.5 Å². The lowest BCUT2D eigenvalue weighted by Gasteiger charge is -2.15. The van der Waals surface area contributed by atoms with Gasteiger partial charge in [0.05, 0.1) is 17.1 Å². The lowest BCUT2D eigenvalue weighted by molar-refractivity contribution is 0.619. The zero-order valence-electron chi connectivity index (χ0n) is 11.8. The molecule has 3 nitrogen and oxygen atoms in total. The highest BCUT2D eigenvalue weighted by molar-refractivity contribution is 9.10. The van der Waals surface area contributed by atoms with Crippen LogP contribution in [0.15, 0.2) is 28.1 Å². The minimum atomic E-state index is 0.154. The Labute approximate surface area is 141 Å². The van der Waals surface area contributed by atoms with Gasteiger partial charge in [0.15, 0.2) is 0 Å². The predicted octanol–water partition coefficient (Wildman–Crippen LogP) is 4.95. The molecular weight excluding hydrogens is 370 g/mol. The Kier molecular flexibility index (Phi) is 4.33. The van der Waals surface area contributed by atoms with Crippen LogP contribution < -0.4 is 0 Å².